The van der Waals surface area contributed by atoms with E-state index in [1.54, 1.807) is 4.90 Å². The SMILES string of the molecule is CC(C)[C@]1(C)COC(=O)N1c1ccccc1. The van der Waals surface area contributed by atoms with Gasteiger partial charge >= 0.3 is 6.09 Å². The number of rotatable bonds is 2. The minimum Gasteiger partial charge on any atom is -0.447 e. The van der Waals surface area contributed by atoms with Gasteiger partial charge in [-0.15, -0.1) is 0 Å². The molecule has 0 aromatic heterocycles. The smallest absolute Gasteiger partial charge is 0.415 e. The summed E-state index contributed by atoms with van der Waals surface area (Å²) >= 11 is 0. The predicted molar refractivity (Wildman–Crippen MR) is 63.5 cm³/mol. The zero-order valence-corrected chi connectivity index (χ0v) is 9.93. The molecule has 1 saturated heterocycles. The van der Waals surface area contributed by atoms with Gasteiger partial charge in [0.25, 0.3) is 0 Å². The van der Waals surface area contributed by atoms with Crippen molar-refractivity contribution in [2.45, 2.75) is 26.3 Å². The molecule has 0 spiro atoms. The van der Waals surface area contributed by atoms with Gasteiger partial charge in [-0.1, -0.05) is 32.0 Å². The number of carbonyl (C=O) groups excluding carboxylic acids is 1. The lowest BCUT2D eigenvalue weighted by Gasteiger charge is -2.35. The van der Waals surface area contributed by atoms with Crippen LogP contribution in [0.5, 0.6) is 0 Å². The van der Waals surface area contributed by atoms with E-state index in [0.717, 1.165) is 5.69 Å². The number of hydrogen-bond donors (Lipinski definition) is 0. The molecule has 1 heterocycles. The van der Waals surface area contributed by atoms with Crippen LogP contribution in [0.3, 0.4) is 0 Å². The Balaban J connectivity index is 2.41. The first-order chi connectivity index (χ1) is 7.55. The fourth-order valence-electron chi connectivity index (χ4n) is 1.95. The van der Waals surface area contributed by atoms with Gasteiger partial charge in [-0.25, -0.2) is 4.79 Å². The van der Waals surface area contributed by atoms with Gasteiger partial charge in [0.2, 0.25) is 0 Å². The van der Waals surface area contributed by atoms with Gasteiger partial charge in [0.15, 0.2) is 0 Å². The fourth-order valence-corrected chi connectivity index (χ4v) is 1.95. The largest absolute Gasteiger partial charge is 0.447 e. The lowest BCUT2D eigenvalue weighted by atomic mass is 9.88. The summed E-state index contributed by atoms with van der Waals surface area (Å²) in [6, 6.07) is 9.68. The van der Waals surface area contributed by atoms with Crippen molar-refractivity contribution in [3.8, 4) is 0 Å². The molecule has 2 rings (SSSR count). The van der Waals surface area contributed by atoms with Crippen molar-refractivity contribution in [2.75, 3.05) is 11.5 Å². The molecule has 1 aromatic rings. The highest BCUT2D eigenvalue weighted by Gasteiger charge is 2.46. The van der Waals surface area contributed by atoms with Crippen molar-refractivity contribution >= 4 is 11.8 Å². The summed E-state index contributed by atoms with van der Waals surface area (Å²) in [4.78, 5) is 13.6. The number of nitrogens with zero attached hydrogens (tertiary/aromatic N) is 1. The molecule has 3 heteroatoms. The first-order valence-corrected chi connectivity index (χ1v) is 5.58. The Kier molecular flexibility index (Phi) is 2.62. The standard InChI is InChI=1S/C13H17NO2/c1-10(2)13(3)9-16-12(15)14(13)11-7-5-4-6-8-11/h4-8,10H,9H2,1-3H3/t13-/m0/s1. The molecule has 16 heavy (non-hydrogen) atoms. The maximum absolute atomic E-state index is 11.8. The molecule has 1 aliphatic heterocycles. The second kappa shape index (κ2) is 3.81. The number of hydrogen-bond acceptors (Lipinski definition) is 2. The van der Waals surface area contributed by atoms with E-state index in [9.17, 15) is 4.79 Å². The topological polar surface area (TPSA) is 29.5 Å². The molecule has 1 aliphatic rings. The third-order valence-corrected chi connectivity index (χ3v) is 3.44. The first-order valence-electron chi connectivity index (χ1n) is 5.58. The Morgan fingerprint density at radius 3 is 2.50 bits per heavy atom. The summed E-state index contributed by atoms with van der Waals surface area (Å²) in [5.41, 5.74) is 0.652. The highest BCUT2D eigenvalue weighted by Crippen LogP contribution is 2.35. The highest BCUT2D eigenvalue weighted by molar-refractivity contribution is 5.91. The molecule has 0 radical (unpaired) electrons. The van der Waals surface area contributed by atoms with Crippen LogP contribution >= 0.6 is 0 Å². The van der Waals surface area contributed by atoms with E-state index in [2.05, 4.69) is 20.8 Å². The Bertz CT molecular complexity index is 388. The monoisotopic (exact) mass is 219 g/mol. The summed E-state index contributed by atoms with van der Waals surface area (Å²) in [5, 5.41) is 0. The van der Waals surface area contributed by atoms with E-state index >= 15 is 0 Å². The van der Waals surface area contributed by atoms with Gasteiger partial charge in [0.05, 0.1) is 5.54 Å². The zero-order valence-electron chi connectivity index (χ0n) is 9.93. The molecule has 0 bridgehead atoms. The minimum atomic E-state index is -0.252. The molecule has 0 saturated carbocycles. The van der Waals surface area contributed by atoms with E-state index in [-0.39, 0.29) is 11.6 Å². The molecular weight excluding hydrogens is 202 g/mol. The Morgan fingerprint density at radius 2 is 1.94 bits per heavy atom. The Hall–Kier alpha value is -1.51. The minimum absolute atomic E-state index is 0.248. The first kappa shape index (κ1) is 11.0. The lowest BCUT2D eigenvalue weighted by Crippen LogP contribution is -2.49. The van der Waals surface area contributed by atoms with E-state index in [1.807, 2.05) is 30.3 Å². The molecule has 1 aromatic carbocycles. The molecule has 3 nitrogen and oxygen atoms in total. The van der Waals surface area contributed by atoms with Gasteiger partial charge in [0.1, 0.15) is 6.61 Å². The van der Waals surface area contributed by atoms with Crippen LogP contribution in [0.4, 0.5) is 10.5 Å². The lowest BCUT2D eigenvalue weighted by molar-refractivity contribution is 0.168. The van der Waals surface area contributed by atoms with Crippen molar-refractivity contribution in [1.82, 2.24) is 0 Å². The molecular formula is C13H17NO2. The number of carbonyl (C=O) groups is 1. The van der Waals surface area contributed by atoms with Crippen molar-refractivity contribution in [2.24, 2.45) is 5.92 Å². The molecule has 0 unspecified atom stereocenters. The average molecular weight is 219 g/mol. The van der Waals surface area contributed by atoms with Crippen LogP contribution in [-0.4, -0.2) is 18.2 Å². The molecule has 0 N–H and O–H groups in total. The van der Waals surface area contributed by atoms with Crippen molar-refractivity contribution < 1.29 is 9.53 Å². The number of amides is 1. The average Bonchev–Trinajstić information content (AvgIpc) is 2.57. The quantitative estimate of drug-likeness (QED) is 0.765. The Labute approximate surface area is 96.0 Å². The van der Waals surface area contributed by atoms with Crippen molar-refractivity contribution in [1.29, 1.82) is 0 Å². The second-order valence-electron chi connectivity index (χ2n) is 4.74. The predicted octanol–water partition coefficient (Wildman–Crippen LogP) is 3.06. The van der Waals surface area contributed by atoms with Crippen molar-refractivity contribution in [3.63, 3.8) is 0 Å². The van der Waals surface area contributed by atoms with Crippen LogP contribution in [0.2, 0.25) is 0 Å². The third-order valence-electron chi connectivity index (χ3n) is 3.44. The molecule has 1 atom stereocenters. The van der Waals surface area contributed by atoms with Crippen LogP contribution in [-0.2, 0) is 4.74 Å². The second-order valence-corrected chi connectivity index (χ2v) is 4.74. The molecule has 1 amide bonds. The summed E-state index contributed by atoms with van der Waals surface area (Å²) in [5.74, 6) is 0.346. The number of cyclic esters (lactones) is 1. The molecule has 86 valence electrons. The van der Waals surface area contributed by atoms with Gasteiger partial charge in [-0.05, 0) is 25.0 Å². The summed E-state index contributed by atoms with van der Waals surface area (Å²) in [6.45, 7) is 6.74. The number of benzene rings is 1. The molecule has 0 aliphatic carbocycles. The maximum atomic E-state index is 11.8. The Morgan fingerprint density at radius 1 is 1.31 bits per heavy atom. The van der Waals surface area contributed by atoms with Crippen molar-refractivity contribution in [3.05, 3.63) is 30.3 Å². The normalized spacial score (nSPS) is 25.0. The van der Waals surface area contributed by atoms with Crippen LogP contribution in [0.1, 0.15) is 20.8 Å². The van der Waals surface area contributed by atoms with Crippen LogP contribution in [0, 0.1) is 5.92 Å². The van der Waals surface area contributed by atoms with Crippen LogP contribution < -0.4 is 4.90 Å². The number of anilines is 1. The van der Waals surface area contributed by atoms with Gasteiger partial charge < -0.3 is 4.74 Å². The highest BCUT2D eigenvalue weighted by atomic mass is 16.6. The van der Waals surface area contributed by atoms with Gasteiger partial charge in [-0.2, -0.15) is 0 Å². The van der Waals surface area contributed by atoms with E-state index in [1.165, 1.54) is 0 Å². The zero-order chi connectivity index (χ0) is 11.8. The maximum Gasteiger partial charge on any atom is 0.415 e. The fraction of sp³-hybridized carbons (Fsp3) is 0.462. The number of para-hydroxylation sites is 1. The van der Waals surface area contributed by atoms with E-state index in [0.29, 0.717) is 12.5 Å². The van der Waals surface area contributed by atoms with Gasteiger partial charge in [-0.3, -0.25) is 4.90 Å². The summed E-state index contributed by atoms with van der Waals surface area (Å²) in [7, 11) is 0. The van der Waals surface area contributed by atoms with Crippen LogP contribution in [0.25, 0.3) is 0 Å². The molecule has 1 fully saturated rings. The van der Waals surface area contributed by atoms with E-state index in [4.69, 9.17) is 4.74 Å². The van der Waals surface area contributed by atoms with Gasteiger partial charge in [0, 0.05) is 5.69 Å². The summed E-state index contributed by atoms with van der Waals surface area (Å²) < 4.78 is 5.18. The summed E-state index contributed by atoms with van der Waals surface area (Å²) in [6.07, 6.45) is -0.248. The third kappa shape index (κ3) is 1.56. The number of ether oxygens (including phenoxy) is 1. The van der Waals surface area contributed by atoms with E-state index < -0.39 is 0 Å². The van der Waals surface area contributed by atoms with Crippen LogP contribution in [0.15, 0.2) is 30.3 Å².